The third-order valence-electron chi connectivity index (χ3n) is 3.00. The molecule has 4 nitrogen and oxygen atoms in total. The van der Waals surface area contributed by atoms with Crippen LogP contribution in [0.2, 0.25) is 10.0 Å². The summed E-state index contributed by atoms with van der Waals surface area (Å²) < 4.78 is 0. The molecule has 0 saturated heterocycles. The zero-order valence-electron chi connectivity index (χ0n) is 11.8. The fourth-order valence-corrected chi connectivity index (χ4v) is 2.33. The third kappa shape index (κ3) is 4.23. The number of hydrogen-bond acceptors (Lipinski definition) is 2. The monoisotopic (exact) mass is 336 g/mol. The van der Waals surface area contributed by atoms with Crippen molar-refractivity contribution in [2.24, 2.45) is 0 Å². The van der Waals surface area contributed by atoms with Crippen molar-refractivity contribution in [3.63, 3.8) is 0 Å². The summed E-state index contributed by atoms with van der Waals surface area (Å²) in [7, 11) is 0. The lowest BCUT2D eigenvalue weighted by atomic mass is 10.2. The minimum Gasteiger partial charge on any atom is -0.343 e. The van der Waals surface area contributed by atoms with Gasteiger partial charge in [-0.2, -0.15) is 0 Å². The summed E-state index contributed by atoms with van der Waals surface area (Å²) in [6.45, 7) is 1.74. The summed E-state index contributed by atoms with van der Waals surface area (Å²) in [6.07, 6.45) is 0. The zero-order valence-corrected chi connectivity index (χ0v) is 13.3. The predicted octanol–water partition coefficient (Wildman–Crippen LogP) is 3.67. The first-order chi connectivity index (χ1) is 10.5. The van der Waals surface area contributed by atoms with E-state index in [0.717, 1.165) is 5.56 Å². The molecule has 0 aliphatic carbocycles. The molecular formula is C16H14Cl2N2O2. The molecule has 2 amide bonds. The van der Waals surface area contributed by atoms with E-state index in [0.29, 0.717) is 10.7 Å². The van der Waals surface area contributed by atoms with Crippen molar-refractivity contribution in [2.45, 2.75) is 6.92 Å². The maximum atomic E-state index is 12.0. The molecule has 2 rings (SSSR count). The number of rotatable bonds is 4. The zero-order chi connectivity index (χ0) is 16.1. The lowest BCUT2D eigenvalue weighted by molar-refractivity contribution is -0.115. The standard InChI is InChI=1S/C16H14Cl2N2O2/c1-10-4-2-3-5-14(10)20-15(21)9-19-16(22)12-7-6-11(17)8-13(12)18/h2-8H,9H2,1H3,(H,19,22)(H,20,21). The molecule has 0 fully saturated rings. The van der Waals surface area contributed by atoms with Crippen LogP contribution in [0.5, 0.6) is 0 Å². The van der Waals surface area contributed by atoms with Crippen LogP contribution in [0, 0.1) is 6.92 Å². The van der Waals surface area contributed by atoms with Gasteiger partial charge in [0.1, 0.15) is 0 Å². The highest BCUT2D eigenvalue weighted by molar-refractivity contribution is 6.36. The molecule has 2 aromatic carbocycles. The first kappa shape index (κ1) is 16.3. The van der Waals surface area contributed by atoms with Crippen LogP contribution in [-0.4, -0.2) is 18.4 Å². The normalized spacial score (nSPS) is 10.1. The van der Waals surface area contributed by atoms with E-state index in [9.17, 15) is 9.59 Å². The molecule has 0 aliphatic heterocycles. The van der Waals surface area contributed by atoms with E-state index >= 15 is 0 Å². The Bertz CT molecular complexity index is 717. The van der Waals surface area contributed by atoms with Gasteiger partial charge in [0, 0.05) is 10.7 Å². The van der Waals surface area contributed by atoms with Crippen LogP contribution >= 0.6 is 23.2 Å². The smallest absolute Gasteiger partial charge is 0.253 e. The maximum absolute atomic E-state index is 12.0. The van der Waals surface area contributed by atoms with Crippen LogP contribution in [0.15, 0.2) is 42.5 Å². The topological polar surface area (TPSA) is 58.2 Å². The number of para-hydroxylation sites is 1. The van der Waals surface area contributed by atoms with E-state index in [1.807, 2.05) is 25.1 Å². The van der Waals surface area contributed by atoms with Crippen LogP contribution in [-0.2, 0) is 4.79 Å². The molecule has 0 aromatic heterocycles. The van der Waals surface area contributed by atoms with Gasteiger partial charge in [0.25, 0.3) is 5.91 Å². The number of anilines is 1. The molecule has 6 heteroatoms. The Balaban J connectivity index is 1.93. The number of aryl methyl sites for hydroxylation is 1. The third-order valence-corrected chi connectivity index (χ3v) is 3.55. The highest BCUT2D eigenvalue weighted by Crippen LogP contribution is 2.20. The second kappa shape index (κ2) is 7.29. The lowest BCUT2D eigenvalue weighted by Gasteiger charge is -2.09. The number of hydrogen-bond donors (Lipinski definition) is 2. The average molecular weight is 337 g/mol. The molecule has 0 heterocycles. The lowest BCUT2D eigenvalue weighted by Crippen LogP contribution is -2.33. The van der Waals surface area contributed by atoms with Crippen LogP contribution in [0.3, 0.4) is 0 Å². The van der Waals surface area contributed by atoms with Crippen molar-refractivity contribution in [1.82, 2.24) is 5.32 Å². The summed E-state index contributed by atoms with van der Waals surface area (Å²) in [5.41, 5.74) is 1.93. The van der Waals surface area contributed by atoms with E-state index in [1.54, 1.807) is 12.1 Å². The predicted molar refractivity (Wildman–Crippen MR) is 88.6 cm³/mol. The number of halogens is 2. The van der Waals surface area contributed by atoms with Crippen molar-refractivity contribution in [1.29, 1.82) is 0 Å². The van der Waals surface area contributed by atoms with Gasteiger partial charge in [-0.05, 0) is 36.8 Å². The molecule has 0 spiro atoms. The molecule has 114 valence electrons. The minimum atomic E-state index is -0.429. The van der Waals surface area contributed by atoms with E-state index in [2.05, 4.69) is 10.6 Å². The quantitative estimate of drug-likeness (QED) is 0.894. The van der Waals surface area contributed by atoms with Gasteiger partial charge in [-0.3, -0.25) is 9.59 Å². The molecular weight excluding hydrogens is 323 g/mol. The number of benzene rings is 2. The largest absolute Gasteiger partial charge is 0.343 e. The summed E-state index contributed by atoms with van der Waals surface area (Å²) in [5, 5.41) is 5.94. The Morgan fingerprint density at radius 1 is 1.09 bits per heavy atom. The fraction of sp³-hybridized carbons (Fsp3) is 0.125. The Morgan fingerprint density at radius 2 is 1.82 bits per heavy atom. The van der Waals surface area contributed by atoms with E-state index < -0.39 is 5.91 Å². The highest BCUT2D eigenvalue weighted by atomic mass is 35.5. The molecule has 0 saturated carbocycles. The van der Waals surface area contributed by atoms with E-state index in [1.165, 1.54) is 12.1 Å². The van der Waals surface area contributed by atoms with Crippen LogP contribution in [0.1, 0.15) is 15.9 Å². The van der Waals surface area contributed by atoms with Gasteiger partial charge in [-0.15, -0.1) is 0 Å². The van der Waals surface area contributed by atoms with Crippen molar-refractivity contribution in [3.8, 4) is 0 Å². The van der Waals surface area contributed by atoms with Crippen LogP contribution in [0.25, 0.3) is 0 Å². The number of amides is 2. The summed E-state index contributed by atoms with van der Waals surface area (Å²) in [6, 6.07) is 12.0. The molecule has 0 aliphatic rings. The molecule has 22 heavy (non-hydrogen) atoms. The van der Waals surface area contributed by atoms with Gasteiger partial charge in [0.2, 0.25) is 5.91 Å². The Kier molecular flexibility index (Phi) is 5.41. The molecule has 0 bridgehead atoms. The van der Waals surface area contributed by atoms with Gasteiger partial charge in [0.15, 0.2) is 0 Å². The fourth-order valence-electron chi connectivity index (χ4n) is 1.84. The molecule has 2 aromatic rings. The molecule has 0 unspecified atom stereocenters. The number of carbonyl (C=O) groups excluding carboxylic acids is 2. The molecule has 0 radical (unpaired) electrons. The van der Waals surface area contributed by atoms with Gasteiger partial charge in [-0.25, -0.2) is 0 Å². The van der Waals surface area contributed by atoms with Crippen molar-refractivity contribution in [3.05, 3.63) is 63.6 Å². The number of carbonyl (C=O) groups is 2. The van der Waals surface area contributed by atoms with Gasteiger partial charge in [-0.1, -0.05) is 41.4 Å². The van der Waals surface area contributed by atoms with Crippen molar-refractivity contribution >= 4 is 40.7 Å². The summed E-state index contributed by atoms with van der Waals surface area (Å²) in [5.74, 6) is -0.741. The Labute approximate surface area is 138 Å². The van der Waals surface area contributed by atoms with Crippen LogP contribution in [0.4, 0.5) is 5.69 Å². The Morgan fingerprint density at radius 3 is 2.50 bits per heavy atom. The van der Waals surface area contributed by atoms with Crippen molar-refractivity contribution in [2.75, 3.05) is 11.9 Å². The van der Waals surface area contributed by atoms with Gasteiger partial charge in [0.05, 0.1) is 17.1 Å². The molecule has 2 N–H and O–H groups in total. The SMILES string of the molecule is Cc1ccccc1NC(=O)CNC(=O)c1ccc(Cl)cc1Cl. The maximum Gasteiger partial charge on any atom is 0.253 e. The van der Waals surface area contributed by atoms with E-state index in [4.69, 9.17) is 23.2 Å². The highest BCUT2D eigenvalue weighted by Gasteiger charge is 2.12. The summed E-state index contributed by atoms with van der Waals surface area (Å²) >= 11 is 11.7. The first-order valence-corrected chi connectivity index (χ1v) is 7.31. The summed E-state index contributed by atoms with van der Waals surface area (Å²) in [4.78, 5) is 23.8. The van der Waals surface area contributed by atoms with Gasteiger partial charge < -0.3 is 10.6 Å². The second-order valence-corrected chi connectivity index (χ2v) is 5.51. The number of nitrogens with one attached hydrogen (secondary N) is 2. The second-order valence-electron chi connectivity index (χ2n) is 4.67. The molecule has 0 atom stereocenters. The Hall–Kier alpha value is -2.04. The minimum absolute atomic E-state index is 0.147. The first-order valence-electron chi connectivity index (χ1n) is 6.56. The van der Waals surface area contributed by atoms with E-state index in [-0.39, 0.29) is 23.0 Å². The average Bonchev–Trinajstić information content (AvgIpc) is 2.47. The van der Waals surface area contributed by atoms with Crippen LogP contribution < -0.4 is 10.6 Å². The van der Waals surface area contributed by atoms with Gasteiger partial charge >= 0.3 is 0 Å². The van der Waals surface area contributed by atoms with Crippen molar-refractivity contribution < 1.29 is 9.59 Å².